The Bertz CT molecular complexity index is 320. The normalized spacial score (nSPS) is 38.7. The lowest BCUT2D eigenvalue weighted by Gasteiger charge is -2.37. The standard InChI is InChI=1S/C15H28N2O2/c1-10-6-11(8-12(16)7-10)14(18)17-13-4-5-19-15(2,3)9-13/h10-13H,4-9,16H2,1-3H3,(H,17,18). The van der Waals surface area contributed by atoms with Gasteiger partial charge in [-0.15, -0.1) is 0 Å². The summed E-state index contributed by atoms with van der Waals surface area (Å²) in [7, 11) is 0. The van der Waals surface area contributed by atoms with Crippen LogP contribution in [0.4, 0.5) is 0 Å². The molecule has 4 unspecified atom stereocenters. The molecule has 2 aliphatic rings. The SMILES string of the molecule is CC1CC(N)CC(C(=O)NC2CCOC(C)(C)C2)C1. The molecule has 1 aliphatic heterocycles. The van der Waals surface area contributed by atoms with Gasteiger partial charge in [0.1, 0.15) is 0 Å². The molecule has 1 heterocycles. The average Bonchev–Trinajstić information content (AvgIpc) is 2.26. The first-order valence-electron chi connectivity index (χ1n) is 7.55. The van der Waals surface area contributed by atoms with Crippen molar-refractivity contribution in [2.24, 2.45) is 17.6 Å². The van der Waals surface area contributed by atoms with E-state index in [4.69, 9.17) is 10.5 Å². The molecule has 1 saturated carbocycles. The number of carbonyl (C=O) groups excluding carboxylic acids is 1. The number of ether oxygens (including phenoxy) is 1. The quantitative estimate of drug-likeness (QED) is 0.803. The van der Waals surface area contributed by atoms with E-state index >= 15 is 0 Å². The molecule has 0 aromatic heterocycles. The van der Waals surface area contributed by atoms with Gasteiger partial charge in [-0.05, 0) is 51.9 Å². The smallest absolute Gasteiger partial charge is 0.223 e. The molecule has 0 spiro atoms. The van der Waals surface area contributed by atoms with Gasteiger partial charge < -0.3 is 15.8 Å². The van der Waals surface area contributed by atoms with Crippen LogP contribution in [-0.2, 0) is 9.53 Å². The fraction of sp³-hybridized carbons (Fsp3) is 0.933. The van der Waals surface area contributed by atoms with Gasteiger partial charge in [-0.3, -0.25) is 4.79 Å². The molecule has 0 aromatic carbocycles. The van der Waals surface area contributed by atoms with Gasteiger partial charge in [0.25, 0.3) is 0 Å². The van der Waals surface area contributed by atoms with Crippen molar-refractivity contribution >= 4 is 5.91 Å². The summed E-state index contributed by atoms with van der Waals surface area (Å²) in [5, 5.41) is 3.21. The third kappa shape index (κ3) is 4.18. The number of rotatable bonds is 2. The summed E-state index contributed by atoms with van der Waals surface area (Å²) >= 11 is 0. The maximum absolute atomic E-state index is 12.4. The Hall–Kier alpha value is -0.610. The minimum atomic E-state index is -0.119. The fourth-order valence-electron chi connectivity index (χ4n) is 3.54. The molecule has 4 nitrogen and oxygen atoms in total. The summed E-state index contributed by atoms with van der Waals surface area (Å²) in [5.74, 6) is 0.861. The molecular formula is C15H28N2O2. The molecule has 2 fully saturated rings. The lowest BCUT2D eigenvalue weighted by molar-refractivity contribution is -0.129. The Kier molecular flexibility index (Phi) is 4.51. The lowest BCUT2D eigenvalue weighted by Crippen LogP contribution is -2.49. The van der Waals surface area contributed by atoms with Crippen molar-refractivity contribution in [1.82, 2.24) is 5.32 Å². The molecule has 4 heteroatoms. The number of nitrogens with one attached hydrogen (secondary N) is 1. The molecule has 1 saturated heterocycles. The fourth-order valence-corrected chi connectivity index (χ4v) is 3.54. The van der Waals surface area contributed by atoms with Crippen molar-refractivity contribution in [1.29, 1.82) is 0 Å². The van der Waals surface area contributed by atoms with E-state index in [0.29, 0.717) is 5.92 Å². The summed E-state index contributed by atoms with van der Waals surface area (Å²) in [4.78, 5) is 12.4. The number of hydrogen-bond acceptors (Lipinski definition) is 3. The van der Waals surface area contributed by atoms with Crippen molar-refractivity contribution in [3.05, 3.63) is 0 Å². The predicted molar refractivity (Wildman–Crippen MR) is 75.7 cm³/mol. The van der Waals surface area contributed by atoms with E-state index in [1.807, 2.05) is 0 Å². The Morgan fingerprint density at radius 3 is 2.68 bits per heavy atom. The summed E-state index contributed by atoms with van der Waals surface area (Å²) < 4.78 is 5.69. The first kappa shape index (κ1) is 14.8. The van der Waals surface area contributed by atoms with Crippen molar-refractivity contribution in [3.8, 4) is 0 Å². The number of nitrogens with two attached hydrogens (primary N) is 1. The zero-order valence-corrected chi connectivity index (χ0v) is 12.4. The molecule has 19 heavy (non-hydrogen) atoms. The monoisotopic (exact) mass is 268 g/mol. The minimum Gasteiger partial charge on any atom is -0.375 e. The van der Waals surface area contributed by atoms with E-state index in [1.54, 1.807) is 0 Å². The zero-order valence-electron chi connectivity index (χ0n) is 12.4. The summed E-state index contributed by atoms with van der Waals surface area (Å²) in [6, 6.07) is 0.440. The van der Waals surface area contributed by atoms with Gasteiger partial charge >= 0.3 is 0 Å². The maximum atomic E-state index is 12.4. The molecule has 1 amide bonds. The van der Waals surface area contributed by atoms with E-state index in [0.717, 1.165) is 38.7 Å². The lowest BCUT2D eigenvalue weighted by atomic mass is 9.79. The molecule has 0 radical (unpaired) electrons. The first-order chi connectivity index (χ1) is 8.85. The van der Waals surface area contributed by atoms with Gasteiger partial charge in [0.15, 0.2) is 0 Å². The molecule has 3 N–H and O–H groups in total. The summed E-state index contributed by atoms with van der Waals surface area (Å²) in [6.07, 6.45) is 4.68. The Morgan fingerprint density at radius 1 is 1.32 bits per heavy atom. The van der Waals surface area contributed by atoms with Crippen LogP contribution in [0.5, 0.6) is 0 Å². The third-order valence-corrected chi connectivity index (χ3v) is 4.39. The highest BCUT2D eigenvalue weighted by Crippen LogP contribution is 2.29. The van der Waals surface area contributed by atoms with Crippen molar-refractivity contribution < 1.29 is 9.53 Å². The van der Waals surface area contributed by atoms with Crippen LogP contribution in [0.1, 0.15) is 52.9 Å². The molecular weight excluding hydrogens is 240 g/mol. The molecule has 0 aromatic rings. The highest BCUT2D eigenvalue weighted by molar-refractivity contribution is 5.79. The Labute approximate surface area is 116 Å². The second-order valence-corrected chi connectivity index (χ2v) is 7.08. The highest BCUT2D eigenvalue weighted by atomic mass is 16.5. The third-order valence-electron chi connectivity index (χ3n) is 4.39. The topological polar surface area (TPSA) is 64.4 Å². The van der Waals surface area contributed by atoms with E-state index in [-0.39, 0.29) is 29.5 Å². The zero-order chi connectivity index (χ0) is 14.0. The molecule has 1 aliphatic carbocycles. The van der Waals surface area contributed by atoms with Crippen molar-refractivity contribution in [2.75, 3.05) is 6.61 Å². The van der Waals surface area contributed by atoms with E-state index < -0.39 is 0 Å². The van der Waals surface area contributed by atoms with Crippen LogP contribution in [0.2, 0.25) is 0 Å². The Morgan fingerprint density at radius 2 is 2.05 bits per heavy atom. The summed E-state index contributed by atoms with van der Waals surface area (Å²) in [5.41, 5.74) is 5.91. The minimum absolute atomic E-state index is 0.102. The van der Waals surface area contributed by atoms with E-state index in [9.17, 15) is 4.79 Å². The second-order valence-electron chi connectivity index (χ2n) is 7.08. The van der Waals surface area contributed by atoms with Gasteiger partial charge in [-0.2, -0.15) is 0 Å². The van der Waals surface area contributed by atoms with Crippen LogP contribution in [-0.4, -0.2) is 30.2 Å². The highest BCUT2D eigenvalue weighted by Gasteiger charge is 2.33. The number of carbonyl (C=O) groups is 1. The Balaban J connectivity index is 1.86. The number of amides is 1. The van der Waals surface area contributed by atoms with E-state index in [2.05, 4.69) is 26.1 Å². The van der Waals surface area contributed by atoms with Crippen LogP contribution < -0.4 is 11.1 Å². The van der Waals surface area contributed by atoms with Crippen LogP contribution in [0.15, 0.2) is 0 Å². The van der Waals surface area contributed by atoms with E-state index in [1.165, 1.54) is 0 Å². The largest absolute Gasteiger partial charge is 0.375 e. The van der Waals surface area contributed by atoms with Gasteiger partial charge in [-0.1, -0.05) is 6.92 Å². The van der Waals surface area contributed by atoms with Gasteiger partial charge in [-0.25, -0.2) is 0 Å². The van der Waals surface area contributed by atoms with Gasteiger partial charge in [0, 0.05) is 24.6 Å². The van der Waals surface area contributed by atoms with Crippen LogP contribution in [0.3, 0.4) is 0 Å². The molecule has 110 valence electrons. The van der Waals surface area contributed by atoms with Gasteiger partial charge in [0.2, 0.25) is 5.91 Å². The molecule has 4 atom stereocenters. The first-order valence-corrected chi connectivity index (χ1v) is 7.55. The van der Waals surface area contributed by atoms with Crippen LogP contribution >= 0.6 is 0 Å². The number of hydrogen-bond donors (Lipinski definition) is 2. The second kappa shape index (κ2) is 5.80. The average molecular weight is 268 g/mol. The van der Waals surface area contributed by atoms with Crippen molar-refractivity contribution in [3.63, 3.8) is 0 Å². The summed E-state index contributed by atoms with van der Waals surface area (Å²) in [6.45, 7) is 7.10. The van der Waals surface area contributed by atoms with Crippen molar-refractivity contribution in [2.45, 2.75) is 70.6 Å². The van der Waals surface area contributed by atoms with Gasteiger partial charge in [0.05, 0.1) is 5.60 Å². The van der Waals surface area contributed by atoms with Crippen LogP contribution in [0, 0.1) is 11.8 Å². The molecule has 0 bridgehead atoms. The maximum Gasteiger partial charge on any atom is 0.223 e. The molecule has 2 rings (SSSR count). The van der Waals surface area contributed by atoms with Crippen LogP contribution in [0.25, 0.3) is 0 Å². The predicted octanol–water partition coefficient (Wildman–Crippen LogP) is 1.82.